The van der Waals surface area contributed by atoms with Crippen molar-refractivity contribution in [3.05, 3.63) is 68.8 Å². The Bertz CT molecular complexity index is 1080. The van der Waals surface area contributed by atoms with E-state index in [0.717, 1.165) is 10.5 Å². The molecule has 9 nitrogen and oxygen atoms in total. The highest BCUT2D eigenvalue weighted by Crippen LogP contribution is 2.37. The molecule has 0 saturated carbocycles. The molecule has 9 heteroatoms. The average molecular weight is 409 g/mol. The van der Waals surface area contributed by atoms with Crippen LogP contribution in [0.15, 0.2) is 36.4 Å². The van der Waals surface area contributed by atoms with Crippen molar-refractivity contribution in [3.63, 3.8) is 0 Å². The zero-order valence-electron chi connectivity index (χ0n) is 16.1. The average Bonchev–Trinajstić information content (AvgIpc) is 2.97. The third-order valence-electron chi connectivity index (χ3n) is 5.99. The van der Waals surface area contributed by atoms with Crippen LogP contribution in [0.1, 0.15) is 28.7 Å². The van der Waals surface area contributed by atoms with Crippen LogP contribution < -0.4 is 10.1 Å². The Morgan fingerprint density at radius 3 is 2.77 bits per heavy atom. The number of ether oxygens (including phenoxy) is 2. The van der Waals surface area contributed by atoms with Gasteiger partial charge in [0.1, 0.15) is 11.3 Å². The fourth-order valence-electron chi connectivity index (χ4n) is 4.52. The van der Waals surface area contributed by atoms with Crippen LogP contribution >= 0.6 is 0 Å². The summed E-state index contributed by atoms with van der Waals surface area (Å²) in [4.78, 5) is 38.0. The predicted octanol–water partition coefficient (Wildman–Crippen LogP) is 2.44. The van der Waals surface area contributed by atoms with Crippen molar-refractivity contribution in [1.82, 2.24) is 10.2 Å². The summed E-state index contributed by atoms with van der Waals surface area (Å²) in [6, 6.07) is 10.2. The first kappa shape index (κ1) is 18.6. The summed E-state index contributed by atoms with van der Waals surface area (Å²) in [5.74, 6) is 0.122. The third kappa shape index (κ3) is 2.89. The molecule has 3 aliphatic rings. The van der Waals surface area contributed by atoms with Crippen molar-refractivity contribution in [2.45, 2.75) is 38.0 Å². The summed E-state index contributed by atoms with van der Waals surface area (Å²) >= 11 is 0. The van der Waals surface area contributed by atoms with Gasteiger partial charge in [0.05, 0.1) is 18.1 Å². The third-order valence-corrected chi connectivity index (χ3v) is 5.99. The van der Waals surface area contributed by atoms with Gasteiger partial charge in [0, 0.05) is 29.7 Å². The Kier molecular flexibility index (Phi) is 4.21. The van der Waals surface area contributed by atoms with E-state index < -0.39 is 16.5 Å². The second kappa shape index (κ2) is 6.81. The van der Waals surface area contributed by atoms with Gasteiger partial charge < -0.3 is 14.8 Å². The van der Waals surface area contributed by atoms with E-state index in [-0.39, 0.29) is 31.5 Å². The lowest BCUT2D eigenvalue weighted by molar-refractivity contribution is -0.385. The van der Waals surface area contributed by atoms with Crippen LogP contribution in [0.4, 0.5) is 10.5 Å². The highest BCUT2D eigenvalue weighted by molar-refractivity contribution is 6.07. The van der Waals surface area contributed by atoms with Gasteiger partial charge in [-0.1, -0.05) is 24.3 Å². The molecule has 5 rings (SSSR count). The number of urea groups is 1. The highest BCUT2D eigenvalue weighted by Gasteiger charge is 2.52. The molecule has 1 N–H and O–H groups in total. The van der Waals surface area contributed by atoms with Gasteiger partial charge in [-0.3, -0.25) is 19.8 Å². The van der Waals surface area contributed by atoms with E-state index in [1.54, 1.807) is 0 Å². The van der Waals surface area contributed by atoms with Gasteiger partial charge in [-0.15, -0.1) is 0 Å². The van der Waals surface area contributed by atoms with Crippen molar-refractivity contribution >= 4 is 17.6 Å². The maximum Gasteiger partial charge on any atom is 0.325 e. The summed E-state index contributed by atoms with van der Waals surface area (Å²) in [6.45, 7) is 0.0850. The molecule has 154 valence electrons. The molecule has 2 heterocycles. The van der Waals surface area contributed by atoms with E-state index in [2.05, 4.69) is 5.32 Å². The van der Waals surface area contributed by atoms with Crippen molar-refractivity contribution in [2.75, 3.05) is 6.79 Å². The number of hydrogen-bond donors (Lipinski definition) is 1. The monoisotopic (exact) mass is 409 g/mol. The number of carbonyl (C=O) groups excluding carboxylic acids is 2. The topological polar surface area (TPSA) is 111 Å². The number of rotatable bonds is 3. The molecule has 2 aliphatic heterocycles. The molecule has 1 saturated heterocycles. The van der Waals surface area contributed by atoms with Crippen LogP contribution in [0.2, 0.25) is 0 Å². The molecule has 0 unspecified atom stereocenters. The van der Waals surface area contributed by atoms with Crippen molar-refractivity contribution < 1.29 is 24.0 Å². The van der Waals surface area contributed by atoms with E-state index in [1.807, 2.05) is 24.3 Å². The summed E-state index contributed by atoms with van der Waals surface area (Å²) < 4.78 is 10.8. The number of nitro benzene ring substituents is 1. The number of amides is 3. The van der Waals surface area contributed by atoms with Crippen LogP contribution in [-0.2, 0) is 35.5 Å². The largest absolute Gasteiger partial charge is 0.467 e. The minimum absolute atomic E-state index is 0.0126. The van der Waals surface area contributed by atoms with Crippen LogP contribution in [-0.4, -0.2) is 34.1 Å². The number of imide groups is 1. The molecule has 1 atom stereocenters. The molecule has 0 bridgehead atoms. The molecular formula is C21H19N3O6. The molecule has 0 radical (unpaired) electrons. The van der Waals surface area contributed by atoms with E-state index >= 15 is 0 Å². The van der Waals surface area contributed by atoms with Gasteiger partial charge in [0.15, 0.2) is 6.79 Å². The first-order valence-electron chi connectivity index (χ1n) is 9.68. The van der Waals surface area contributed by atoms with Gasteiger partial charge in [0.2, 0.25) is 0 Å². The molecule has 3 amide bonds. The zero-order valence-corrected chi connectivity index (χ0v) is 16.1. The fourth-order valence-corrected chi connectivity index (χ4v) is 4.52. The van der Waals surface area contributed by atoms with E-state index in [4.69, 9.17) is 9.47 Å². The predicted molar refractivity (Wildman–Crippen MR) is 104 cm³/mol. The second-order valence-electron chi connectivity index (χ2n) is 7.81. The number of nitrogens with one attached hydrogen (secondary N) is 1. The smallest absolute Gasteiger partial charge is 0.325 e. The van der Waals surface area contributed by atoms with Crippen molar-refractivity contribution in [1.29, 1.82) is 0 Å². The Morgan fingerprint density at radius 1 is 1.17 bits per heavy atom. The number of carbonyl (C=O) groups is 2. The number of fused-ring (bicyclic) bond motifs is 2. The van der Waals surface area contributed by atoms with Gasteiger partial charge in [-0.2, -0.15) is 0 Å². The number of aryl methyl sites for hydroxylation is 1. The van der Waals surface area contributed by atoms with Gasteiger partial charge in [0.25, 0.3) is 11.6 Å². The van der Waals surface area contributed by atoms with Crippen molar-refractivity contribution in [3.8, 4) is 5.75 Å². The summed E-state index contributed by atoms with van der Waals surface area (Å²) in [7, 11) is 0. The van der Waals surface area contributed by atoms with Crippen LogP contribution in [0.5, 0.6) is 5.75 Å². The molecule has 0 aromatic heterocycles. The first-order valence-corrected chi connectivity index (χ1v) is 9.68. The molecule has 2 aromatic carbocycles. The number of non-ortho nitro benzene ring substituents is 1. The van der Waals surface area contributed by atoms with Crippen LogP contribution in [0, 0.1) is 10.1 Å². The maximum atomic E-state index is 13.3. The zero-order chi connectivity index (χ0) is 20.9. The highest BCUT2D eigenvalue weighted by atomic mass is 16.7. The van der Waals surface area contributed by atoms with Gasteiger partial charge >= 0.3 is 6.03 Å². The maximum absolute atomic E-state index is 13.3. The summed E-state index contributed by atoms with van der Waals surface area (Å²) in [6.07, 6.45) is 1.65. The molecule has 2 aromatic rings. The molecule has 1 aliphatic carbocycles. The number of nitrogens with zero attached hydrogens (tertiary/aromatic N) is 2. The molecular weight excluding hydrogens is 390 g/mol. The van der Waals surface area contributed by atoms with Gasteiger partial charge in [-0.25, -0.2) is 4.79 Å². The van der Waals surface area contributed by atoms with E-state index in [0.29, 0.717) is 36.1 Å². The Balaban J connectivity index is 1.47. The SMILES string of the molecule is O=C1N[C@]2(CCc3ccccc3C2)C(=O)N1Cc1cc([N+](=O)[O-])cc2c1OCOC2. The lowest BCUT2D eigenvalue weighted by Crippen LogP contribution is -2.51. The van der Waals surface area contributed by atoms with Gasteiger partial charge in [-0.05, 0) is 24.0 Å². The van der Waals surface area contributed by atoms with Crippen LogP contribution in [0.3, 0.4) is 0 Å². The molecule has 30 heavy (non-hydrogen) atoms. The van der Waals surface area contributed by atoms with E-state index in [9.17, 15) is 19.7 Å². The Hall–Kier alpha value is -3.46. The minimum Gasteiger partial charge on any atom is -0.467 e. The quantitative estimate of drug-likeness (QED) is 0.474. The number of benzene rings is 2. The summed E-state index contributed by atoms with van der Waals surface area (Å²) in [5, 5.41) is 14.2. The lowest BCUT2D eigenvalue weighted by Gasteiger charge is -2.32. The Labute approximate surface area is 171 Å². The normalized spacial score (nSPS) is 22.3. The first-order chi connectivity index (χ1) is 14.5. The van der Waals surface area contributed by atoms with E-state index in [1.165, 1.54) is 17.7 Å². The lowest BCUT2D eigenvalue weighted by atomic mass is 9.78. The standard InChI is InChI=1S/C21H19N3O6/c25-19-21(6-5-13-3-1-2-4-14(13)9-21)22-20(26)23(19)10-15-7-17(24(27)28)8-16-11-29-12-30-18(15)16/h1-4,7-8H,5-6,9-12H2,(H,22,26)/t21-/m0/s1. The van der Waals surface area contributed by atoms with Crippen molar-refractivity contribution in [2.24, 2.45) is 0 Å². The Morgan fingerprint density at radius 2 is 1.97 bits per heavy atom. The molecule has 1 fully saturated rings. The second-order valence-corrected chi connectivity index (χ2v) is 7.81. The number of nitro groups is 1. The van der Waals surface area contributed by atoms with Crippen LogP contribution in [0.25, 0.3) is 0 Å². The minimum atomic E-state index is -0.976. The molecule has 1 spiro atoms. The number of hydrogen-bond acceptors (Lipinski definition) is 6. The summed E-state index contributed by atoms with van der Waals surface area (Å²) in [5.41, 5.74) is 2.07. The fraction of sp³-hybridized carbons (Fsp3) is 0.333.